The number of ether oxygens (including phenoxy) is 2. The van der Waals surface area contributed by atoms with Gasteiger partial charge in [-0.25, -0.2) is 0 Å². The molecule has 0 aliphatic heterocycles. The molecule has 1 heterocycles. The van der Waals surface area contributed by atoms with Crippen LogP contribution in [0.15, 0.2) is 53.1 Å². The Morgan fingerprint density at radius 2 is 1.74 bits per heavy atom. The SMILES string of the molecule is COc1ccc(-c2noc(COc3ccc(C=O)cc3)n2)cc1. The number of benzene rings is 2. The molecule has 6 nitrogen and oxygen atoms in total. The summed E-state index contributed by atoms with van der Waals surface area (Å²) in [6.45, 7) is 0.156. The number of rotatable bonds is 6. The molecule has 0 atom stereocenters. The molecule has 3 rings (SSSR count). The largest absolute Gasteiger partial charge is 0.497 e. The minimum atomic E-state index is 0.156. The molecule has 0 spiro atoms. The van der Waals surface area contributed by atoms with Crippen molar-refractivity contribution in [2.45, 2.75) is 6.61 Å². The predicted molar refractivity (Wildman–Crippen MR) is 82.4 cm³/mol. The number of carbonyl (C=O) groups excluding carboxylic acids is 1. The lowest BCUT2D eigenvalue weighted by molar-refractivity contribution is 0.112. The highest BCUT2D eigenvalue weighted by Crippen LogP contribution is 2.20. The number of nitrogens with zero attached hydrogens (tertiary/aromatic N) is 2. The van der Waals surface area contributed by atoms with E-state index in [2.05, 4.69) is 10.1 Å². The molecule has 0 N–H and O–H groups in total. The van der Waals surface area contributed by atoms with Gasteiger partial charge in [0.1, 0.15) is 17.8 Å². The van der Waals surface area contributed by atoms with E-state index in [0.717, 1.165) is 17.6 Å². The van der Waals surface area contributed by atoms with Gasteiger partial charge in [0.05, 0.1) is 7.11 Å². The van der Waals surface area contributed by atoms with Gasteiger partial charge in [0, 0.05) is 11.1 Å². The summed E-state index contributed by atoms with van der Waals surface area (Å²) in [6.07, 6.45) is 0.781. The normalized spacial score (nSPS) is 10.3. The summed E-state index contributed by atoms with van der Waals surface area (Å²) in [5, 5.41) is 3.93. The predicted octanol–water partition coefficient (Wildman–Crippen LogP) is 3.14. The summed E-state index contributed by atoms with van der Waals surface area (Å²) in [7, 11) is 1.61. The van der Waals surface area contributed by atoms with Gasteiger partial charge in [-0.3, -0.25) is 4.79 Å². The lowest BCUT2D eigenvalue weighted by Crippen LogP contribution is -1.96. The van der Waals surface area contributed by atoms with Gasteiger partial charge in [-0.1, -0.05) is 5.16 Å². The molecule has 0 saturated heterocycles. The molecule has 116 valence electrons. The van der Waals surface area contributed by atoms with Crippen molar-refractivity contribution in [2.75, 3.05) is 7.11 Å². The second-order valence-electron chi connectivity index (χ2n) is 4.72. The van der Waals surface area contributed by atoms with E-state index in [1.807, 2.05) is 24.3 Å². The molecule has 2 aromatic carbocycles. The van der Waals surface area contributed by atoms with Crippen LogP contribution in [-0.4, -0.2) is 23.5 Å². The van der Waals surface area contributed by atoms with Gasteiger partial charge in [0.2, 0.25) is 5.82 Å². The lowest BCUT2D eigenvalue weighted by Gasteiger charge is -2.02. The molecule has 23 heavy (non-hydrogen) atoms. The molecule has 0 fully saturated rings. The maximum absolute atomic E-state index is 10.6. The summed E-state index contributed by atoms with van der Waals surface area (Å²) in [5.74, 6) is 2.25. The molecule has 3 aromatic rings. The second kappa shape index (κ2) is 6.74. The highest BCUT2D eigenvalue weighted by Gasteiger charge is 2.09. The Balaban J connectivity index is 1.65. The highest BCUT2D eigenvalue weighted by atomic mass is 16.5. The smallest absolute Gasteiger partial charge is 0.264 e. The fourth-order valence-corrected chi connectivity index (χ4v) is 1.96. The van der Waals surface area contributed by atoms with Gasteiger partial charge in [0.15, 0.2) is 6.61 Å². The average molecular weight is 310 g/mol. The van der Waals surface area contributed by atoms with E-state index >= 15 is 0 Å². The van der Waals surface area contributed by atoms with Gasteiger partial charge < -0.3 is 14.0 Å². The van der Waals surface area contributed by atoms with Gasteiger partial charge in [-0.2, -0.15) is 4.98 Å². The Morgan fingerprint density at radius 3 is 2.39 bits per heavy atom. The minimum Gasteiger partial charge on any atom is -0.497 e. The summed E-state index contributed by atoms with van der Waals surface area (Å²) in [5.41, 5.74) is 1.42. The first-order chi connectivity index (χ1) is 11.3. The fraction of sp³-hybridized carbons (Fsp3) is 0.118. The third kappa shape index (κ3) is 3.55. The quantitative estimate of drug-likeness (QED) is 0.651. The van der Waals surface area contributed by atoms with Crippen molar-refractivity contribution in [1.29, 1.82) is 0 Å². The van der Waals surface area contributed by atoms with E-state index in [1.165, 1.54) is 0 Å². The standard InChI is InChI=1S/C17H14N2O4/c1-21-14-8-4-13(5-9-14)17-18-16(23-19-17)11-22-15-6-2-12(10-20)3-7-15/h2-10H,11H2,1H3. The lowest BCUT2D eigenvalue weighted by atomic mass is 10.2. The maximum atomic E-state index is 10.6. The third-order valence-corrected chi connectivity index (χ3v) is 3.19. The van der Waals surface area contributed by atoms with Crippen LogP contribution in [0.4, 0.5) is 0 Å². The van der Waals surface area contributed by atoms with Crippen molar-refractivity contribution < 1.29 is 18.8 Å². The zero-order chi connectivity index (χ0) is 16.1. The number of carbonyl (C=O) groups is 1. The summed E-state index contributed by atoms with van der Waals surface area (Å²) < 4.78 is 15.8. The Hall–Kier alpha value is -3.15. The van der Waals surface area contributed by atoms with Crippen LogP contribution >= 0.6 is 0 Å². The number of hydrogen-bond donors (Lipinski definition) is 0. The van der Waals surface area contributed by atoms with E-state index in [0.29, 0.717) is 23.0 Å². The van der Waals surface area contributed by atoms with Crippen LogP contribution in [0.1, 0.15) is 16.2 Å². The van der Waals surface area contributed by atoms with Gasteiger partial charge in [0.25, 0.3) is 5.89 Å². The highest BCUT2D eigenvalue weighted by molar-refractivity contribution is 5.74. The van der Waals surface area contributed by atoms with Crippen molar-refractivity contribution >= 4 is 6.29 Å². The molecule has 0 unspecified atom stereocenters. The van der Waals surface area contributed by atoms with Crippen molar-refractivity contribution in [3.8, 4) is 22.9 Å². The van der Waals surface area contributed by atoms with Crippen LogP contribution in [-0.2, 0) is 6.61 Å². The first-order valence-electron chi connectivity index (χ1n) is 6.93. The van der Waals surface area contributed by atoms with Crippen molar-refractivity contribution in [2.24, 2.45) is 0 Å². The Kier molecular flexibility index (Phi) is 4.33. The molecule has 0 radical (unpaired) electrons. The van der Waals surface area contributed by atoms with E-state index in [-0.39, 0.29) is 6.61 Å². The van der Waals surface area contributed by atoms with Crippen LogP contribution < -0.4 is 9.47 Å². The third-order valence-electron chi connectivity index (χ3n) is 3.19. The zero-order valence-electron chi connectivity index (χ0n) is 12.4. The maximum Gasteiger partial charge on any atom is 0.264 e. The Labute approximate surface area is 132 Å². The first kappa shape index (κ1) is 14.8. The van der Waals surface area contributed by atoms with E-state index < -0.39 is 0 Å². The molecule has 0 aliphatic rings. The van der Waals surface area contributed by atoms with Crippen LogP contribution in [0.5, 0.6) is 11.5 Å². The molecule has 0 bridgehead atoms. The van der Waals surface area contributed by atoms with E-state index in [9.17, 15) is 4.79 Å². The zero-order valence-corrected chi connectivity index (χ0v) is 12.4. The van der Waals surface area contributed by atoms with Crippen molar-refractivity contribution in [1.82, 2.24) is 10.1 Å². The monoisotopic (exact) mass is 310 g/mol. The fourth-order valence-electron chi connectivity index (χ4n) is 1.96. The second-order valence-corrected chi connectivity index (χ2v) is 4.72. The number of hydrogen-bond acceptors (Lipinski definition) is 6. The summed E-state index contributed by atoms with van der Waals surface area (Å²) >= 11 is 0. The van der Waals surface area contributed by atoms with Crippen LogP contribution in [0.3, 0.4) is 0 Å². The molecule has 0 aliphatic carbocycles. The van der Waals surface area contributed by atoms with Gasteiger partial charge in [-0.05, 0) is 48.5 Å². The van der Waals surface area contributed by atoms with Crippen LogP contribution in [0.2, 0.25) is 0 Å². The topological polar surface area (TPSA) is 74.5 Å². The first-order valence-corrected chi connectivity index (χ1v) is 6.93. The van der Waals surface area contributed by atoms with Crippen molar-refractivity contribution in [3.05, 3.63) is 60.0 Å². The van der Waals surface area contributed by atoms with E-state index in [4.69, 9.17) is 14.0 Å². The summed E-state index contributed by atoms with van der Waals surface area (Å²) in [4.78, 5) is 14.9. The van der Waals surface area contributed by atoms with Crippen molar-refractivity contribution in [3.63, 3.8) is 0 Å². The number of aldehydes is 1. The van der Waals surface area contributed by atoms with Gasteiger partial charge in [-0.15, -0.1) is 0 Å². The minimum absolute atomic E-state index is 0.156. The van der Waals surface area contributed by atoms with E-state index in [1.54, 1.807) is 31.4 Å². The van der Waals surface area contributed by atoms with Crippen LogP contribution in [0, 0.1) is 0 Å². The Morgan fingerprint density at radius 1 is 1.04 bits per heavy atom. The molecule has 0 amide bonds. The average Bonchev–Trinajstić information content (AvgIpc) is 3.09. The van der Waals surface area contributed by atoms with Gasteiger partial charge >= 0.3 is 0 Å². The Bertz CT molecular complexity index is 779. The number of aromatic nitrogens is 2. The number of methoxy groups -OCH3 is 1. The van der Waals surface area contributed by atoms with Crippen LogP contribution in [0.25, 0.3) is 11.4 Å². The molecule has 0 saturated carbocycles. The summed E-state index contributed by atoms with van der Waals surface area (Å²) in [6, 6.07) is 14.2. The molecule has 6 heteroatoms. The molecular weight excluding hydrogens is 296 g/mol. The molecular formula is C17H14N2O4. The molecule has 1 aromatic heterocycles.